The van der Waals surface area contributed by atoms with Gasteiger partial charge in [0.2, 0.25) is 0 Å². The fourth-order valence-electron chi connectivity index (χ4n) is 1.87. The maximum Gasteiger partial charge on any atom is 0.257 e. The van der Waals surface area contributed by atoms with Gasteiger partial charge in [0.15, 0.2) is 6.61 Å². The molecule has 1 rings (SSSR count). The predicted octanol–water partition coefficient (Wildman–Crippen LogP) is 2.09. The summed E-state index contributed by atoms with van der Waals surface area (Å²) in [5.74, 6) is 0.688. The summed E-state index contributed by atoms with van der Waals surface area (Å²) in [5, 5.41) is 5.97. The average Bonchev–Trinajstić information content (AvgIpc) is 2.40. The molecule has 4 nitrogen and oxygen atoms in total. The predicted molar refractivity (Wildman–Crippen MR) is 82.2 cm³/mol. The van der Waals surface area contributed by atoms with Gasteiger partial charge in [0.1, 0.15) is 5.75 Å². The number of carbonyl (C=O) groups is 1. The number of hydrogen-bond acceptors (Lipinski definition) is 3. The number of ether oxygens (including phenoxy) is 1. The minimum absolute atomic E-state index is 0.00187. The highest BCUT2D eigenvalue weighted by Crippen LogP contribution is 2.30. The van der Waals surface area contributed by atoms with Gasteiger partial charge in [-0.1, -0.05) is 45.9 Å². The second-order valence-electron chi connectivity index (χ2n) is 5.74. The fourth-order valence-corrected chi connectivity index (χ4v) is 1.87. The highest BCUT2D eigenvalue weighted by molar-refractivity contribution is 5.77. The van der Waals surface area contributed by atoms with Crippen LogP contribution in [-0.2, 0) is 10.2 Å². The molecule has 0 fully saturated rings. The van der Waals surface area contributed by atoms with Crippen molar-refractivity contribution in [1.29, 1.82) is 0 Å². The molecule has 0 unspecified atom stereocenters. The second-order valence-corrected chi connectivity index (χ2v) is 5.74. The molecule has 0 bridgehead atoms. The van der Waals surface area contributed by atoms with Crippen LogP contribution in [0.25, 0.3) is 0 Å². The van der Waals surface area contributed by atoms with E-state index in [2.05, 4.69) is 31.4 Å². The van der Waals surface area contributed by atoms with E-state index in [0.29, 0.717) is 6.54 Å². The van der Waals surface area contributed by atoms with Crippen molar-refractivity contribution in [2.24, 2.45) is 0 Å². The summed E-state index contributed by atoms with van der Waals surface area (Å²) >= 11 is 0. The highest BCUT2D eigenvalue weighted by atomic mass is 16.5. The summed E-state index contributed by atoms with van der Waals surface area (Å²) in [6.45, 7) is 10.8. The Bertz CT molecular complexity index is 425. The Kier molecular flexibility index (Phi) is 6.52. The minimum Gasteiger partial charge on any atom is -0.483 e. The molecule has 0 spiro atoms. The van der Waals surface area contributed by atoms with E-state index < -0.39 is 0 Å². The van der Waals surface area contributed by atoms with Gasteiger partial charge in [0.05, 0.1) is 0 Å². The van der Waals surface area contributed by atoms with E-state index in [1.807, 2.05) is 31.2 Å². The van der Waals surface area contributed by atoms with Crippen LogP contribution in [0.1, 0.15) is 33.3 Å². The smallest absolute Gasteiger partial charge is 0.257 e. The Morgan fingerprint density at radius 2 is 1.90 bits per heavy atom. The van der Waals surface area contributed by atoms with Gasteiger partial charge < -0.3 is 15.4 Å². The van der Waals surface area contributed by atoms with Crippen molar-refractivity contribution < 1.29 is 9.53 Å². The summed E-state index contributed by atoms with van der Waals surface area (Å²) in [6.07, 6.45) is 0. The number of nitrogens with one attached hydrogen (secondary N) is 2. The summed E-state index contributed by atoms with van der Waals surface area (Å²) in [6, 6.07) is 7.86. The largest absolute Gasteiger partial charge is 0.483 e. The van der Waals surface area contributed by atoms with Crippen molar-refractivity contribution in [3.8, 4) is 5.75 Å². The monoisotopic (exact) mass is 278 g/mol. The minimum atomic E-state index is -0.0911. The molecule has 0 aromatic heterocycles. The molecule has 0 atom stereocenters. The summed E-state index contributed by atoms with van der Waals surface area (Å²) < 4.78 is 5.65. The first-order valence-electron chi connectivity index (χ1n) is 7.15. The van der Waals surface area contributed by atoms with E-state index in [1.165, 1.54) is 0 Å². The van der Waals surface area contributed by atoms with E-state index >= 15 is 0 Å². The Balaban J connectivity index is 2.48. The first kappa shape index (κ1) is 16.5. The van der Waals surface area contributed by atoms with Crippen LogP contribution in [0, 0.1) is 0 Å². The SMILES string of the molecule is CCNCCNC(=O)COc1ccccc1C(C)(C)C. The maximum atomic E-state index is 11.7. The molecule has 1 aromatic rings. The molecule has 0 saturated heterocycles. The first-order chi connectivity index (χ1) is 9.45. The van der Waals surface area contributed by atoms with Gasteiger partial charge in [0, 0.05) is 13.1 Å². The molecule has 1 aromatic carbocycles. The molecule has 0 heterocycles. The zero-order valence-corrected chi connectivity index (χ0v) is 13.0. The van der Waals surface area contributed by atoms with E-state index in [1.54, 1.807) is 0 Å². The lowest BCUT2D eigenvalue weighted by Gasteiger charge is -2.22. The lowest BCUT2D eigenvalue weighted by molar-refractivity contribution is -0.123. The van der Waals surface area contributed by atoms with Crippen molar-refractivity contribution in [2.45, 2.75) is 33.1 Å². The number of rotatable bonds is 7. The van der Waals surface area contributed by atoms with Crippen LogP contribution in [-0.4, -0.2) is 32.1 Å². The van der Waals surface area contributed by atoms with Crippen molar-refractivity contribution in [3.63, 3.8) is 0 Å². The first-order valence-corrected chi connectivity index (χ1v) is 7.15. The van der Waals surface area contributed by atoms with Crippen LogP contribution in [0.4, 0.5) is 0 Å². The maximum absolute atomic E-state index is 11.7. The van der Waals surface area contributed by atoms with Crippen LogP contribution in [0.3, 0.4) is 0 Å². The molecule has 0 aliphatic rings. The third-order valence-corrected chi connectivity index (χ3v) is 2.93. The van der Waals surface area contributed by atoms with Gasteiger partial charge in [-0.05, 0) is 23.6 Å². The van der Waals surface area contributed by atoms with Gasteiger partial charge in [-0.15, -0.1) is 0 Å². The number of para-hydroxylation sites is 1. The topological polar surface area (TPSA) is 50.4 Å². The van der Waals surface area contributed by atoms with Crippen LogP contribution < -0.4 is 15.4 Å². The number of hydrogen-bond donors (Lipinski definition) is 2. The van der Waals surface area contributed by atoms with Gasteiger partial charge >= 0.3 is 0 Å². The molecule has 0 saturated carbocycles. The van der Waals surface area contributed by atoms with Crippen molar-refractivity contribution >= 4 is 5.91 Å². The number of benzene rings is 1. The average molecular weight is 278 g/mol. The molecule has 0 aliphatic heterocycles. The summed E-state index contributed by atoms with van der Waals surface area (Å²) in [4.78, 5) is 11.7. The molecule has 0 aliphatic carbocycles. The van der Waals surface area contributed by atoms with E-state index in [0.717, 1.165) is 24.4 Å². The van der Waals surface area contributed by atoms with Crippen LogP contribution in [0.15, 0.2) is 24.3 Å². The van der Waals surface area contributed by atoms with Crippen molar-refractivity contribution in [1.82, 2.24) is 10.6 Å². The zero-order chi connectivity index (χ0) is 15.0. The fraction of sp³-hybridized carbons (Fsp3) is 0.562. The molecule has 1 amide bonds. The van der Waals surface area contributed by atoms with Gasteiger partial charge in [0.25, 0.3) is 5.91 Å². The number of amides is 1. The van der Waals surface area contributed by atoms with Crippen LogP contribution in [0.5, 0.6) is 5.75 Å². The zero-order valence-electron chi connectivity index (χ0n) is 13.0. The molecular formula is C16H26N2O2. The molecule has 20 heavy (non-hydrogen) atoms. The Morgan fingerprint density at radius 1 is 1.20 bits per heavy atom. The van der Waals surface area contributed by atoms with Crippen LogP contribution in [0.2, 0.25) is 0 Å². The van der Waals surface area contributed by atoms with Gasteiger partial charge in [-0.3, -0.25) is 4.79 Å². The van der Waals surface area contributed by atoms with Gasteiger partial charge in [-0.25, -0.2) is 0 Å². The van der Waals surface area contributed by atoms with E-state index in [-0.39, 0.29) is 17.9 Å². The molecular weight excluding hydrogens is 252 g/mol. The number of carbonyl (C=O) groups excluding carboxylic acids is 1. The normalized spacial score (nSPS) is 11.2. The Labute approximate surface area is 121 Å². The van der Waals surface area contributed by atoms with E-state index in [9.17, 15) is 4.79 Å². The lowest BCUT2D eigenvalue weighted by atomic mass is 9.86. The van der Waals surface area contributed by atoms with Gasteiger partial charge in [-0.2, -0.15) is 0 Å². The Morgan fingerprint density at radius 3 is 2.55 bits per heavy atom. The highest BCUT2D eigenvalue weighted by Gasteiger charge is 2.18. The lowest BCUT2D eigenvalue weighted by Crippen LogP contribution is -2.34. The quantitative estimate of drug-likeness (QED) is 0.751. The third-order valence-electron chi connectivity index (χ3n) is 2.93. The summed E-state index contributed by atoms with van der Waals surface area (Å²) in [7, 11) is 0. The van der Waals surface area contributed by atoms with Crippen molar-refractivity contribution in [2.75, 3.05) is 26.2 Å². The van der Waals surface area contributed by atoms with Crippen LogP contribution >= 0.6 is 0 Å². The van der Waals surface area contributed by atoms with Crippen molar-refractivity contribution in [3.05, 3.63) is 29.8 Å². The third kappa shape index (κ3) is 5.61. The molecule has 112 valence electrons. The Hall–Kier alpha value is -1.55. The molecule has 0 radical (unpaired) electrons. The molecule has 2 N–H and O–H groups in total. The molecule has 4 heteroatoms. The van der Waals surface area contributed by atoms with E-state index in [4.69, 9.17) is 4.74 Å². The summed E-state index contributed by atoms with van der Waals surface area (Å²) in [5.41, 5.74) is 1.11. The second kappa shape index (κ2) is 7.90. The number of likely N-dealkylation sites (N-methyl/N-ethyl adjacent to an activating group) is 1. The standard InChI is InChI=1S/C16H26N2O2/c1-5-17-10-11-18-15(19)12-20-14-9-7-6-8-13(14)16(2,3)4/h6-9,17H,5,10-12H2,1-4H3,(H,18,19).